The molecule has 0 fully saturated rings. The van der Waals surface area contributed by atoms with Crippen LogP contribution < -0.4 is 21.3 Å². The second-order valence-corrected chi connectivity index (χ2v) is 9.16. The van der Waals surface area contributed by atoms with Gasteiger partial charge in [-0.25, -0.2) is 9.59 Å². The number of nitrogens with one attached hydrogen (secondary N) is 4. The van der Waals surface area contributed by atoms with Crippen LogP contribution in [-0.4, -0.2) is 59.4 Å². The summed E-state index contributed by atoms with van der Waals surface area (Å²) in [6.45, 7) is 8.44. The lowest BCUT2D eigenvalue weighted by Crippen LogP contribution is -2.56. The van der Waals surface area contributed by atoms with Crippen LogP contribution in [0.5, 0.6) is 0 Å². The van der Waals surface area contributed by atoms with E-state index in [1.54, 1.807) is 13.8 Å². The van der Waals surface area contributed by atoms with Crippen molar-refractivity contribution in [2.24, 2.45) is 11.8 Å². The third-order valence-electron chi connectivity index (χ3n) is 5.52. The standard InChI is InChI=1S/C23H44N4O6/c1-16(2)18(15-28)24-14-12-10-8-6-5-7-9-11-13-19(26-22(30)31)25-20(17(3)4)21(29)27-23(32)33/h15-20,24-26H,5-14H2,1-4H3,(H,27,29)(H,30,31)(H,32,33)/t18?,19?,20-/m0/s1. The first-order valence-corrected chi connectivity index (χ1v) is 12.1. The van der Waals surface area contributed by atoms with E-state index in [1.807, 2.05) is 19.2 Å². The van der Waals surface area contributed by atoms with E-state index in [9.17, 15) is 19.2 Å². The van der Waals surface area contributed by atoms with Crippen molar-refractivity contribution in [3.05, 3.63) is 0 Å². The molecule has 0 heterocycles. The van der Waals surface area contributed by atoms with E-state index in [0.717, 1.165) is 64.2 Å². The number of hydrogen-bond acceptors (Lipinski definition) is 6. The predicted octanol–water partition coefficient (Wildman–Crippen LogP) is 3.31. The minimum absolute atomic E-state index is 0.0682. The molecule has 192 valence electrons. The van der Waals surface area contributed by atoms with Crippen LogP contribution in [0.2, 0.25) is 0 Å². The molecule has 10 heteroatoms. The van der Waals surface area contributed by atoms with Gasteiger partial charge in [-0.15, -0.1) is 0 Å². The maximum absolute atomic E-state index is 12.1. The van der Waals surface area contributed by atoms with Gasteiger partial charge in [0.1, 0.15) is 6.29 Å². The lowest BCUT2D eigenvalue weighted by Gasteiger charge is -2.27. The normalized spacial score (nSPS) is 14.0. The summed E-state index contributed by atoms with van der Waals surface area (Å²) >= 11 is 0. The quantitative estimate of drug-likeness (QED) is 0.0949. The summed E-state index contributed by atoms with van der Waals surface area (Å²) in [5.74, 6) is -0.607. The molecule has 10 nitrogen and oxygen atoms in total. The highest BCUT2D eigenvalue weighted by Gasteiger charge is 2.27. The van der Waals surface area contributed by atoms with Crippen LogP contribution in [-0.2, 0) is 9.59 Å². The fourth-order valence-electron chi connectivity index (χ4n) is 3.56. The van der Waals surface area contributed by atoms with Gasteiger partial charge in [-0.1, -0.05) is 72.6 Å². The Hall–Kier alpha value is -2.20. The van der Waals surface area contributed by atoms with E-state index < -0.39 is 30.3 Å². The van der Waals surface area contributed by atoms with Crippen LogP contribution >= 0.6 is 0 Å². The number of carbonyl (C=O) groups excluding carboxylic acids is 2. The number of imide groups is 1. The van der Waals surface area contributed by atoms with E-state index in [-0.39, 0.29) is 12.0 Å². The zero-order valence-electron chi connectivity index (χ0n) is 20.6. The third-order valence-corrected chi connectivity index (χ3v) is 5.52. The monoisotopic (exact) mass is 472 g/mol. The van der Waals surface area contributed by atoms with Gasteiger partial charge in [0.05, 0.1) is 18.2 Å². The molecule has 0 aromatic rings. The molecule has 6 N–H and O–H groups in total. The molecule has 0 aliphatic heterocycles. The molecule has 0 aliphatic carbocycles. The van der Waals surface area contributed by atoms with Gasteiger partial charge in [0.2, 0.25) is 5.91 Å². The SMILES string of the molecule is CC(C)C(C=O)NCCCCCCCCCCC(NC(=O)O)N[C@H](C(=O)NC(=O)O)C(C)C. The van der Waals surface area contributed by atoms with Crippen molar-refractivity contribution < 1.29 is 29.4 Å². The fourth-order valence-corrected chi connectivity index (χ4v) is 3.56. The summed E-state index contributed by atoms with van der Waals surface area (Å²) in [4.78, 5) is 44.9. The minimum atomic E-state index is -1.44. The van der Waals surface area contributed by atoms with E-state index in [1.165, 1.54) is 0 Å². The number of rotatable bonds is 19. The highest BCUT2D eigenvalue weighted by molar-refractivity contribution is 5.94. The van der Waals surface area contributed by atoms with Crippen LogP contribution in [0.25, 0.3) is 0 Å². The van der Waals surface area contributed by atoms with Crippen LogP contribution in [0.3, 0.4) is 0 Å². The topological polar surface area (TPSA) is 157 Å². The molecule has 2 unspecified atom stereocenters. The van der Waals surface area contributed by atoms with Gasteiger partial charge in [-0.3, -0.25) is 15.4 Å². The Morgan fingerprint density at radius 3 is 1.79 bits per heavy atom. The second-order valence-electron chi connectivity index (χ2n) is 9.16. The Kier molecular flexibility index (Phi) is 17.0. The highest BCUT2D eigenvalue weighted by atomic mass is 16.4. The van der Waals surface area contributed by atoms with Crippen molar-refractivity contribution in [1.82, 2.24) is 21.3 Å². The van der Waals surface area contributed by atoms with Crippen molar-refractivity contribution in [3.8, 4) is 0 Å². The summed E-state index contributed by atoms with van der Waals surface area (Å²) in [7, 11) is 0. The van der Waals surface area contributed by atoms with Gasteiger partial charge in [0, 0.05) is 0 Å². The van der Waals surface area contributed by atoms with Crippen LogP contribution in [0.15, 0.2) is 0 Å². The Morgan fingerprint density at radius 1 is 0.788 bits per heavy atom. The van der Waals surface area contributed by atoms with Gasteiger partial charge < -0.3 is 25.6 Å². The van der Waals surface area contributed by atoms with Crippen LogP contribution in [0, 0.1) is 11.8 Å². The van der Waals surface area contributed by atoms with Crippen LogP contribution in [0.1, 0.15) is 85.5 Å². The van der Waals surface area contributed by atoms with Gasteiger partial charge in [-0.05, 0) is 31.2 Å². The molecule has 0 saturated heterocycles. The smallest absolute Gasteiger partial charge is 0.411 e. The number of carbonyl (C=O) groups is 4. The fraction of sp³-hybridized carbons (Fsp3) is 0.826. The van der Waals surface area contributed by atoms with Gasteiger partial charge in [0.15, 0.2) is 0 Å². The van der Waals surface area contributed by atoms with Crippen molar-refractivity contribution >= 4 is 24.4 Å². The third kappa shape index (κ3) is 16.1. The Morgan fingerprint density at radius 2 is 1.33 bits per heavy atom. The lowest BCUT2D eigenvalue weighted by atomic mass is 10.0. The van der Waals surface area contributed by atoms with Gasteiger partial charge in [-0.2, -0.15) is 0 Å². The number of carboxylic acid groups (broad SMARTS) is 2. The number of aldehydes is 1. The molecular weight excluding hydrogens is 428 g/mol. The van der Waals surface area contributed by atoms with Crippen molar-refractivity contribution in [1.29, 1.82) is 0 Å². The van der Waals surface area contributed by atoms with Crippen molar-refractivity contribution in [3.63, 3.8) is 0 Å². The molecule has 3 amide bonds. The summed E-state index contributed by atoms with van der Waals surface area (Å²) in [5.41, 5.74) is 0. The van der Waals surface area contributed by atoms with Crippen molar-refractivity contribution in [2.45, 2.75) is 104 Å². The van der Waals surface area contributed by atoms with Gasteiger partial charge in [0.25, 0.3) is 0 Å². The minimum Gasteiger partial charge on any atom is -0.465 e. The van der Waals surface area contributed by atoms with Crippen LogP contribution in [0.4, 0.5) is 9.59 Å². The average Bonchev–Trinajstić information content (AvgIpc) is 2.70. The van der Waals surface area contributed by atoms with E-state index in [4.69, 9.17) is 10.2 Å². The Labute approximate surface area is 197 Å². The molecule has 33 heavy (non-hydrogen) atoms. The van der Waals surface area contributed by atoms with E-state index >= 15 is 0 Å². The molecule has 0 bridgehead atoms. The summed E-state index contributed by atoms with van der Waals surface area (Å²) in [6, 6.07) is -0.893. The molecule has 3 atom stereocenters. The molecule has 0 aliphatic rings. The molecule has 0 aromatic heterocycles. The first-order valence-electron chi connectivity index (χ1n) is 12.1. The molecule has 0 aromatic carbocycles. The maximum Gasteiger partial charge on any atom is 0.411 e. The summed E-state index contributed by atoms with van der Waals surface area (Å²) < 4.78 is 0. The van der Waals surface area contributed by atoms with E-state index in [0.29, 0.717) is 12.3 Å². The predicted molar refractivity (Wildman–Crippen MR) is 127 cm³/mol. The number of amides is 3. The molecule has 0 rings (SSSR count). The number of unbranched alkanes of at least 4 members (excludes halogenated alkanes) is 7. The largest absolute Gasteiger partial charge is 0.465 e. The first kappa shape index (κ1) is 30.8. The highest BCUT2D eigenvalue weighted by Crippen LogP contribution is 2.12. The Balaban J connectivity index is 4.12. The first-order chi connectivity index (χ1) is 15.6. The molecular formula is C23H44N4O6. The lowest BCUT2D eigenvalue weighted by molar-refractivity contribution is -0.123. The summed E-state index contributed by atoms with van der Waals surface area (Å²) in [6.07, 6.45) is 6.57. The molecule has 0 radical (unpaired) electrons. The molecule has 0 spiro atoms. The zero-order valence-corrected chi connectivity index (χ0v) is 20.6. The second kappa shape index (κ2) is 18.3. The summed E-state index contributed by atoms with van der Waals surface area (Å²) in [5, 5.41) is 28.3. The maximum atomic E-state index is 12.1. The molecule has 0 saturated carbocycles. The zero-order chi connectivity index (χ0) is 25.2. The Bertz CT molecular complexity index is 585. The van der Waals surface area contributed by atoms with Gasteiger partial charge >= 0.3 is 12.2 Å². The average molecular weight is 473 g/mol. The number of hydrogen-bond donors (Lipinski definition) is 6. The van der Waals surface area contributed by atoms with Crippen molar-refractivity contribution in [2.75, 3.05) is 6.54 Å². The van der Waals surface area contributed by atoms with E-state index in [2.05, 4.69) is 16.0 Å².